The summed E-state index contributed by atoms with van der Waals surface area (Å²) in [5, 5.41) is 6.18. The van der Waals surface area contributed by atoms with Gasteiger partial charge in [-0.1, -0.05) is 13.3 Å². The number of ether oxygens (including phenoxy) is 1. The van der Waals surface area contributed by atoms with Gasteiger partial charge in [0.25, 0.3) is 5.91 Å². The van der Waals surface area contributed by atoms with Crippen molar-refractivity contribution >= 4 is 17.2 Å². The molecule has 3 aromatic rings. The van der Waals surface area contributed by atoms with Crippen LogP contribution in [0.25, 0.3) is 11.3 Å². The third-order valence-corrected chi connectivity index (χ3v) is 4.70. The van der Waals surface area contributed by atoms with Crippen molar-refractivity contribution in [2.45, 2.75) is 26.3 Å². The van der Waals surface area contributed by atoms with Crippen LogP contribution in [0.15, 0.2) is 53.3 Å². The number of aromatic nitrogens is 3. The molecule has 0 unspecified atom stereocenters. The average Bonchev–Trinajstić information content (AvgIpc) is 3.13. The summed E-state index contributed by atoms with van der Waals surface area (Å²) in [7, 11) is 0. The Morgan fingerprint density at radius 3 is 2.86 bits per heavy atom. The first-order valence-corrected chi connectivity index (χ1v) is 9.71. The Labute approximate surface area is 165 Å². The van der Waals surface area contributed by atoms with Crippen LogP contribution in [0.1, 0.15) is 19.8 Å². The summed E-state index contributed by atoms with van der Waals surface area (Å²) in [6.45, 7) is 2.64. The molecule has 0 aliphatic rings. The molecular formula is C19H20FN5O2S. The number of thiazole rings is 1. The fraction of sp³-hybridized carbons (Fsp3) is 0.263. The lowest BCUT2D eigenvalue weighted by molar-refractivity contribution is -0.123. The lowest BCUT2D eigenvalue weighted by Gasteiger charge is -2.08. The summed E-state index contributed by atoms with van der Waals surface area (Å²) in [4.78, 5) is 20.5. The van der Waals surface area contributed by atoms with Crippen LogP contribution in [0.5, 0.6) is 5.88 Å². The van der Waals surface area contributed by atoms with Gasteiger partial charge in [0.05, 0.1) is 11.9 Å². The first-order chi connectivity index (χ1) is 13.7. The zero-order valence-corrected chi connectivity index (χ0v) is 16.2. The van der Waals surface area contributed by atoms with Gasteiger partial charge in [0.15, 0.2) is 6.61 Å². The predicted molar refractivity (Wildman–Crippen MR) is 104 cm³/mol. The number of nitrogens with one attached hydrogen (secondary N) is 1. The van der Waals surface area contributed by atoms with E-state index in [1.165, 1.54) is 42.1 Å². The topological polar surface area (TPSA) is 81.4 Å². The molecule has 0 fully saturated rings. The summed E-state index contributed by atoms with van der Waals surface area (Å²) in [6.07, 6.45) is 6.41. The van der Waals surface area contributed by atoms with Gasteiger partial charge in [0.2, 0.25) is 10.7 Å². The van der Waals surface area contributed by atoms with Crippen LogP contribution in [0.3, 0.4) is 0 Å². The smallest absolute Gasteiger partial charge is 0.278 e. The van der Waals surface area contributed by atoms with Gasteiger partial charge in [0.1, 0.15) is 5.82 Å². The van der Waals surface area contributed by atoms with Crippen LogP contribution in [-0.4, -0.2) is 27.0 Å². The SMILES string of the molecule is CCCCn1c(-c2ccc(F)cc2)cs/c1=N\NC(=O)COc1cnccn1. The molecule has 0 bridgehead atoms. The molecule has 0 saturated heterocycles. The molecule has 0 aliphatic heterocycles. The number of carbonyl (C=O) groups excluding carboxylic acids is 1. The first-order valence-electron chi connectivity index (χ1n) is 8.83. The quantitative estimate of drug-likeness (QED) is 0.589. The molecule has 146 valence electrons. The van der Waals surface area contributed by atoms with Gasteiger partial charge >= 0.3 is 0 Å². The average molecular weight is 401 g/mol. The lowest BCUT2D eigenvalue weighted by Crippen LogP contribution is -2.28. The van der Waals surface area contributed by atoms with Crippen molar-refractivity contribution in [3.05, 3.63) is 58.9 Å². The molecule has 0 radical (unpaired) electrons. The predicted octanol–water partition coefficient (Wildman–Crippen LogP) is 2.96. The minimum absolute atomic E-state index is 0.215. The normalized spacial score (nSPS) is 11.4. The van der Waals surface area contributed by atoms with E-state index >= 15 is 0 Å². The minimum atomic E-state index is -0.399. The van der Waals surface area contributed by atoms with Gasteiger partial charge in [-0.15, -0.1) is 16.4 Å². The highest BCUT2D eigenvalue weighted by molar-refractivity contribution is 7.07. The van der Waals surface area contributed by atoms with Crippen LogP contribution < -0.4 is 15.0 Å². The summed E-state index contributed by atoms with van der Waals surface area (Å²) in [5.74, 6) is -0.408. The Morgan fingerprint density at radius 1 is 1.32 bits per heavy atom. The van der Waals surface area contributed by atoms with Crippen LogP contribution in [-0.2, 0) is 11.3 Å². The fourth-order valence-electron chi connectivity index (χ4n) is 2.44. The first kappa shape index (κ1) is 19.7. The molecule has 1 aromatic carbocycles. The maximum Gasteiger partial charge on any atom is 0.278 e. The van der Waals surface area contributed by atoms with Crippen LogP contribution in [0.4, 0.5) is 4.39 Å². The zero-order valence-electron chi connectivity index (χ0n) is 15.3. The molecule has 2 heterocycles. The highest BCUT2D eigenvalue weighted by Crippen LogP contribution is 2.21. The van der Waals surface area contributed by atoms with Gasteiger partial charge in [-0.3, -0.25) is 9.78 Å². The second kappa shape index (κ2) is 9.75. The largest absolute Gasteiger partial charge is 0.466 e. The third kappa shape index (κ3) is 5.23. The van der Waals surface area contributed by atoms with Crippen LogP contribution in [0.2, 0.25) is 0 Å². The van der Waals surface area contributed by atoms with E-state index in [1.807, 2.05) is 9.95 Å². The number of unbranched alkanes of at least 4 members (excludes halogenated alkanes) is 1. The number of rotatable bonds is 8. The molecule has 0 aliphatic carbocycles. The van der Waals surface area contributed by atoms with Crippen molar-refractivity contribution in [2.24, 2.45) is 5.10 Å². The van der Waals surface area contributed by atoms with Gasteiger partial charge in [-0.05, 0) is 36.2 Å². The number of halogens is 1. The molecule has 1 amide bonds. The highest BCUT2D eigenvalue weighted by Gasteiger charge is 2.09. The molecule has 0 spiro atoms. The number of carbonyl (C=O) groups is 1. The van der Waals surface area contributed by atoms with Crippen molar-refractivity contribution in [1.82, 2.24) is 20.0 Å². The standard InChI is InChI=1S/C19H20FN5O2S/c1-2-3-10-25-16(14-4-6-15(20)7-5-14)13-28-19(25)24-23-17(26)12-27-18-11-21-8-9-22-18/h4-9,11,13H,2-3,10,12H2,1H3,(H,23,26)/b24-19-. The van der Waals surface area contributed by atoms with Crippen LogP contribution in [0, 0.1) is 5.82 Å². The number of hydrogen-bond acceptors (Lipinski definition) is 6. The molecule has 0 atom stereocenters. The Bertz CT molecular complexity index is 970. The van der Waals surface area contributed by atoms with Gasteiger partial charge in [-0.2, -0.15) is 0 Å². The van der Waals surface area contributed by atoms with E-state index < -0.39 is 5.91 Å². The Kier molecular flexibility index (Phi) is 6.85. The molecule has 7 nitrogen and oxygen atoms in total. The Morgan fingerprint density at radius 2 is 2.14 bits per heavy atom. The second-order valence-electron chi connectivity index (χ2n) is 5.89. The minimum Gasteiger partial charge on any atom is -0.466 e. The van der Waals surface area contributed by atoms with Crippen molar-refractivity contribution in [3.8, 4) is 17.1 Å². The van der Waals surface area contributed by atoms with Gasteiger partial charge in [0, 0.05) is 24.3 Å². The third-order valence-electron chi connectivity index (χ3n) is 3.84. The van der Waals surface area contributed by atoms with E-state index in [2.05, 4.69) is 27.4 Å². The molecule has 0 saturated carbocycles. The van der Waals surface area contributed by atoms with Gasteiger partial charge < -0.3 is 9.30 Å². The van der Waals surface area contributed by atoms with Crippen molar-refractivity contribution in [3.63, 3.8) is 0 Å². The van der Waals surface area contributed by atoms with Crippen molar-refractivity contribution in [2.75, 3.05) is 6.61 Å². The Balaban J connectivity index is 1.74. The molecule has 28 heavy (non-hydrogen) atoms. The molecule has 2 aromatic heterocycles. The summed E-state index contributed by atoms with van der Waals surface area (Å²) in [5.41, 5.74) is 4.33. The molecule has 3 rings (SSSR count). The highest BCUT2D eigenvalue weighted by atomic mass is 32.1. The fourth-order valence-corrected chi connectivity index (χ4v) is 3.34. The lowest BCUT2D eigenvalue weighted by atomic mass is 10.1. The van der Waals surface area contributed by atoms with Crippen LogP contribution >= 0.6 is 11.3 Å². The van der Waals surface area contributed by atoms with E-state index in [-0.39, 0.29) is 18.3 Å². The van der Waals surface area contributed by atoms with Crippen molar-refractivity contribution < 1.29 is 13.9 Å². The van der Waals surface area contributed by atoms with Gasteiger partial charge in [-0.25, -0.2) is 14.8 Å². The maximum atomic E-state index is 13.2. The van der Waals surface area contributed by atoms with E-state index in [0.717, 1.165) is 30.6 Å². The monoisotopic (exact) mass is 401 g/mol. The Hall–Kier alpha value is -3.07. The summed E-state index contributed by atoms with van der Waals surface area (Å²) in [6, 6.07) is 6.33. The summed E-state index contributed by atoms with van der Waals surface area (Å²) < 4.78 is 20.5. The molecular weight excluding hydrogens is 381 g/mol. The maximum absolute atomic E-state index is 13.2. The second-order valence-corrected chi connectivity index (χ2v) is 6.73. The van der Waals surface area contributed by atoms with E-state index in [1.54, 1.807) is 12.1 Å². The van der Waals surface area contributed by atoms with E-state index in [0.29, 0.717) is 4.80 Å². The number of benzene rings is 1. The number of amides is 1. The van der Waals surface area contributed by atoms with E-state index in [9.17, 15) is 9.18 Å². The molecule has 9 heteroatoms. The number of hydrogen-bond donors (Lipinski definition) is 1. The summed E-state index contributed by atoms with van der Waals surface area (Å²) >= 11 is 1.41. The van der Waals surface area contributed by atoms with E-state index in [4.69, 9.17) is 4.74 Å². The zero-order chi connectivity index (χ0) is 19.8. The molecule has 1 N–H and O–H groups in total. The van der Waals surface area contributed by atoms with Crippen molar-refractivity contribution in [1.29, 1.82) is 0 Å². The number of nitrogens with zero attached hydrogens (tertiary/aromatic N) is 4.